The van der Waals surface area contributed by atoms with Gasteiger partial charge in [0.05, 0.1) is 23.4 Å². The summed E-state index contributed by atoms with van der Waals surface area (Å²) in [6, 6.07) is 5.87. The zero-order valence-corrected chi connectivity index (χ0v) is 23.5. The molecule has 38 heavy (non-hydrogen) atoms. The highest BCUT2D eigenvalue weighted by Gasteiger charge is 2.57. The zero-order valence-electron chi connectivity index (χ0n) is 22.7. The second-order valence-corrected chi connectivity index (χ2v) is 13.3. The average molecular weight is 536 g/mol. The summed E-state index contributed by atoms with van der Waals surface area (Å²) in [4.78, 5) is 35.5. The number of nitrogens with zero attached hydrogens (tertiary/aromatic N) is 3. The highest BCUT2D eigenvalue weighted by Crippen LogP contribution is 2.52. The molecule has 0 radical (unpaired) electrons. The molecule has 6 nitrogen and oxygen atoms in total. The molecule has 204 valence electrons. The number of aliphatic hydroxyl groups is 1. The van der Waals surface area contributed by atoms with Crippen molar-refractivity contribution in [2.45, 2.75) is 89.7 Å². The molecular formula is C31H41N3O3S. The molecule has 3 fully saturated rings. The molecule has 1 N–H and O–H groups in total. The molecule has 7 heteroatoms. The third-order valence-corrected chi connectivity index (χ3v) is 10.8. The number of fused-ring (bicyclic) bond motifs is 1. The third kappa shape index (κ3) is 4.60. The Morgan fingerprint density at radius 3 is 2.63 bits per heavy atom. The molecule has 1 spiro atoms. The summed E-state index contributed by atoms with van der Waals surface area (Å²) in [6.07, 6.45) is 12.0. The van der Waals surface area contributed by atoms with Gasteiger partial charge in [0.1, 0.15) is 0 Å². The largest absolute Gasteiger partial charge is 0.387 e. The minimum Gasteiger partial charge on any atom is -0.387 e. The van der Waals surface area contributed by atoms with Crippen molar-refractivity contribution in [3.63, 3.8) is 0 Å². The third-order valence-electron chi connectivity index (χ3n) is 10.2. The van der Waals surface area contributed by atoms with Crippen molar-refractivity contribution in [1.29, 1.82) is 0 Å². The van der Waals surface area contributed by atoms with Crippen LogP contribution >= 0.6 is 11.3 Å². The fourth-order valence-corrected chi connectivity index (χ4v) is 8.59. The van der Waals surface area contributed by atoms with Gasteiger partial charge in [-0.25, -0.2) is 4.98 Å². The summed E-state index contributed by atoms with van der Waals surface area (Å²) in [6.45, 7) is 4.14. The van der Waals surface area contributed by atoms with Crippen LogP contribution in [-0.2, 0) is 11.3 Å². The molecule has 0 unspecified atom stereocenters. The first kappa shape index (κ1) is 26.0. The predicted octanol–water partition coefficient (Wildman–Crippen LogP) is 5.90. The van der Waals surface area contributed by atoms with Crippen molar-refractivity contribution in [3.05, 3.63) is 40.2 Å². The van der Waals surface area contributed by atoms with Gasteiger partial charge in [0.25, 0.3) is 5.91 Å². The van der Waals surface area contributed by atoms with E-state index in [0.717, 1.165) is 54.5 Å². The summed E-state index contributed by atoms with van der Waals surface area (Å²) in [7, 11) is 0. The summed E-state index contributed by atoms with van der Waals surface area (Å²) in [5, 5.41) is 14.3. The van der Waals surface area contributed by atoms with E-state index >= 15 is 0 Å². The quantitative estimate of drug-likeness (QED) is 0.500. The molecule has 2 amide bonds. The SMILES string of the molecule is C[C@H](CC1CCCCC1)C(=O)N1CC[C@@](O)(CN2Cc3c(cccc3-c3cscn3)C2=O)C2(CCCC2)C1. The molecule has 2 aliphatic heterocycles. The van der Waals surface area contributed by atoms with E-state index in [0.29, 0.717) is 38.5 Å². The lowest BCUT2D eigenvalue weighted by atomic mass is 9.65. The van der Waals surface area contributed by atoms with Crippen molar-refractivity contribution in [3.8, 4) is 11.3 Å². The maximum absolute atomic E-state index is 13.6. The van der Waals surface area contributed by atoms with Crippen LogP contribution in [0.3, 0.4) is 0 Å². The maximum atomic E-state index is 13.6. The van der Waals surface area contributed by atoms with E-state index in [9.17, 15) is 14.7 Å². The lowest BCUT2D eigenvalue weighted by molar-refractivity contribution is -0.163. The van der Waals surface area contributed by atoms with Crippen molar-refractivity contribution in [1.82, 2.24) is 14.8 Å². The van der Waals surface area contributed by atoms with E-state index in [1.807, 2.05) is 34.0 Å². The van der Waals surface area contributed by atoms with Crippen LogP contribution in [-0.4, -0.2) is 56.9 Å². The van der Waals surface area contributed by atoms with Crippen LogP contribution in [0.15, 0.2) is 29.1 Å². The van der Waals surface area contributed by atoms with Crippen LogP contribution in [0.5, 0.6) is 0 Å². The average Bonchev–Trinajstić information content (AvgIpc) is 3.69. The summed E-state index contributed by atoms with van der Waals surface area (Å²) in [5.74, 6) is 0.989. The van der Waals surface area contributed by atoms with Crippen molar-refractivity contribution in [2.75, 3.05) is 19.6 Å². The van der Waals surface area contributed by atoms with Crippen LogP contribution in [0.2, 0.25) is 0 Å². The Kier molecular flexibility index (Phi) is 7.10. The van der Waals surface area contributed by atoms with Crippen LogP contribution in [0.25, 0.3) is 11.3 Å². The van der Waals surface area contributed by atoms with Crippen LogP contribution in [0.4, 0.5) is 0 Å². The van der Waals surface area contributed by atoms with Crippen LogP contribution in [0, 0.1) is 17.3 Å². The number of piperidine rings is 1. The number of β-amino-alcohol motifs (C(OH)–C–C–N with tert-alkyl or cyclic N) is 1. The number of benzene rings is 1. The Morgan fingerprint density at radius 2 is 1.89 bits per heavy atom. The molecule has 1 aromatic carbocycles. The molecule has 3 heterocycles. The standard InChI is InChI=1S/C31H41N3O3S/c1-22(16-23-8-3-2-4-9-23)28(35)33-15-14-31(37,30(19-33)12-5-6-13-30)20-34-17-26-24(27-18-38-21-32-27)10-7-11-25(26)29(34)36/h7,10-11,18,21-23,37H,2-6,8-9,12-17,19-20H2,1H3/t22-,31-/m1/s1. The lowest BCUT2D eigenvalue weighted by Gasteiger charge is -2.53. The summed E-state index contributed by atoms with van der Waals surface area (Å²) >= 11 is 1.55. The lowest BCUT2D eigenvalue weighted by Crippen LogP contribution is -2.64. The monoisotopic (exact) mass is 535 g/mol. The second-order valence-electron chi connectivity index (χ2n) is 12.5. The van der Waals surface area contributed by atoms with Crippen LogP contribution in [0.1, 0.15) is 93.5 Å². The summed E-state index contributed by atoms with van der Waals surface area (Å²) < 4.78 is 0. The molecule has 2 aliphatic carbocycles. The molecule has 2 aromatic rings. The number of aromatic nitrogens is 1. The normalized spacial score (nSPS) is 26.2. The van der Waals surface area contributed by atoms with Gasteiger partial charge in [-0.1, -0.05) is 64.0 Å². The Bertz CT molecular complexity index is 1170. The van der Waals surface area contributed by atoms with E-state index in [-0.39, 0.29) is 23.1 Å². The fraction of sp³-hybridized carbons (Fsp3) is 0.645. The molecule has 2 saturated carbocycles. The van der Waals surface area contributed by atoms with Gasteiger partial charge < -0.3 is 14.9 Å². The van der Waals surface area contributed by atoms with E-state index in [1.165, 1.54) is 32.1 Å². The first-order valence-corrected chi connectivity index (χ1v) is 15.6. The van der Waals surface area contributed by atoms with Crippen LogP contribution < -0.4 is 0 Å². The minimum absolute atomic E-state index is 0.00161. The predicted molar refractivity (Wildman–Crippen MR) is 150 cm³/mol. The number of thiazole rings is 1. The van der Waals surface area contributed by atoms with Gasteiger partial charge in [-0.2, -0.15) is 0 Å². The van der Waals surface area contributed by atoms with Gasteiger partial charge in [-0.3, -0.25) is 9.59 Å². The highest BCUT2D eigenvalue weighted by atomic mass is 32.1. The summed E-state index contributed by atoms with van der Waals surface area (Å²) in [5.41, 5.74) is 4.15. The first-order valence-electron chi connectivity index (χ1n) is 14.7. The van der Waals surface area contributed by atoms with E-state index in [1.54, 1.807) is 11.3 Å². The maximum Gasteiger partial charge on any atom is 0.254 e. The minimum atomic E-state index is -0.981. The van der Waals surface area contributed by atoms with Crippen molar-refractivity contribution >= 4 is 23.2 Å². The molecule has 6 rings (SSSR count). The van der Waals surface area contributed by atoms with Gasteiger partial charge in [-0.05, 0) is 43.2 Å². The molecule has 0 bridgehead atoms. The van der Waals surface area contributed by atoms with Gasteiger partial charge in [-0.15, -0.1) is 11.3 Å². The fourth-order valence-electron chi connectivity index (χ4n) is 8.04. The Morgan fingerprint density at radius 1 is 1.13 bits per heavy atom. The number of hydrogen-bond acceptors (Lipinski definition) is 5. The van der Waals surface area contributed by atoms with Gasteiger partial charge in [0, 0.05) is 47.5 Å². The molecular weight excluding hydrogens is 494 g/mol. The number of hydrogen-bond donors (Lipinski definition) is 1. The van der Waals surface area contributed by atoms with Gasteiger partial charge in [0.2, 0.25) is 5.91 Å². The Hall–Kier alpha value is -2.25. The number of carbonyl (C=O) groups is 2. The van der Waals surface area contributed by atoms with E-state index in [2.05, 4.69) is 16.8 Å². The van der Waals surface area contributed by atoms with Gasteiger partial charge >= 0.3 is 0 Å². The topological polar surface area (TPSA) is 73.7 Å². The Labute approximate surface area is 230 Å². The van der Waals surface area contributed by atoms with Gasteiger partial charge in [0.15, 0.2) is 0 Å². The second kappa shape index (κ2) is 10.4. The Balaban J connectivity index is 1.18. The number of rotatable bonds is 6. The molecule has 1 saturated heterocycles. The molecule has 1 aromatic heterocycles. The van der Waals surface area contributed by atoms with E-state index in [4.69, 9.17) is 0 Å². The highest BCUT2D eigenvalue weighted by molar-refractivity contribution is 7.07. The smallest absolute Gasteiger partial charge is 0.254 e. The van der Waals surface area contributed by atoms with Crippen molar-refractivity contribution in [2.24, 2.45) is 17.3 Å². The van der Waals surface area contributed by atoms with E-state index < -0.39 is 5.60 Å². The van der Waals surface area contributed by atoms with Crippen molar-refractivity contribution < 1.29 is 14.7 Å². The zero-order chi connectivity index (χ0) is 26.3. The number of carbonyl (C=O) groups excluding carboxylic acids is 2. The first-order chi connectivity index (χ1) is 18.4. The number of likely N-dealkylation sites (tertiary alicyclic amines) is 1. The molecule has 4 aliphatic rings. The molecule has 2 atom stereocenters. The number of amides is 2.